The molecule has 5 nitrogen and oxygen atoms in total. The van der Waals surface area contributed by atoms with Crippen molar-refractivity contribution >= 4 is 15.9 Å². The van der Waals surface area contributed by atoms with Gasteiger partial charge in [0.1, 0.15) is 0 Å². The van der Waals surface area contributed by atoms with Crippen LogP contribution in [-0.2, 0) is 21.2 Å². The molecule has 1 aromatic carbocycles. The average Bonchev–Trinajstić information content (AvgIpc) is 2.39. The van der Waals surface area contributed by atoms with Crippen LogP contribution in [0.5, 0.6) is 0 Å². The number of nitrogens with zero attached hydrogens (tertiary/aromatic N) is 1. The van der Waals surface area contributed by atoms with Crippen LogP contribution < -0.4 is 5.32 Å². The standard InChI is InChI=1S/C15H24N2O3S/c1-4-10-17(21(3,19)20)11-9-16-15(18)12-14-8-6-5-7-13(14)2/h5-8H,4,9-12H2,1-3H3,(H,16,18). The van der Waals surface area contributed by atoms with Gasteiger partial charge in [0.2, 0.25) is 15.9 Å². The van der Waals surface area contributed by atoms with Gasteiger partial charge in [-0.1, -0.05) is 31.2 Å². The Kier molecular flexibility index (Phi) is 6.84. The highest BCUT2D eigenvalue weighted by Crippen LogP contribution is 2.07. The molecule has 0 aliphatic carbocycles. The second kappa shape index (κ2) is 8.14. The van der Waals surface area contributed by atoms with E-state index in [-0.39, 0.29) is 5.91 Å². The van der Waals surface area contributed by atoms with Crippen molar-refractivity contribution in [2.75, 3.05) is 25.9 Å². The molecule has 0 spiro atoms. The van der Waals surface area contributed by atoms with Crippen LogP contribution in [0.3, 0.4) is 0 Å². The number of hydrogen-bond donors (Lipinski definition) is 1. The number of rotatable bonds is 8. The zero-order chi connectivity index (χ0) is 15.9. The lowest BCUT2D eigenvalue weighted by atomic mass is 10.1. The summed E-state index contributed by atoms with van der Waals surface area (Å²) in [6.45, 7) is 5.01. The van der Waals surface area contributed by atoms with Crippen LogP contribution in [0.1, 0.15) is 24.5 Å². The Balaban J connectivity index is 2.45. The number of amides is 1. The van der Waals surface area contributed by atoms with Crippen LogP contribution in [0.15, 0.2) is 24.3 Å². The van der Waals surface area contributed by atoms with Gasteiger partial charge >= 0.3 is 0 Å². The number of benzene rings is 1. The zero-order valence-corrected chi connectivity index (χ0v) is 13.7. The van der Waals surface area contributed by atoms with Gasteiger partial charge in [0.15, 0.2) is 0 Å². The topological polar surface area (TPSA) is 66.5 Å². The fraction of sp³-hybridized carbons (Fsp3) is 0.533. The van der Waals surface area contributed by atoms with Gasteiger partial charge in [0.05, 0.1) is 12.7 Å². The maximum absolute atomic E-state index is 11.9. The Morgan fingerprint density at radius 3 is 2.48 bits per heavy atom. The normalized spacial score (nSPS) is 11.6. The molecule has 1 N–H and O–H groups in total. The maximum Gasteiger partial charge on any atom is 0.224 e. The van der Waals surface area contributed by atoms with Crippen molar-refractivity contribution in [3.05, 3.63) is 35.4 Å². The molecule has 6 heteroatoms. The van der Waals surface area contributed by atoms with E-state index >= 15 is 0 Å². The molecule has 0 aliphatic heterocycles. The van der Waals surface area contributed by atoms with E-state index in [1.165, 1.54) is 10.6 Å². The Hall–Kier alpha value is -1.40. The number of aryl methyl sites for hydroxylation is 1. The van der Waals surface area contributed by atoms with Gasteiger partial charge in [0, 0.05) is 19.6 Å². The highest BCUT2D eigenvalue weighted by Gasteiger charge is 2.15. The first kappa shape index (κ1) is 17.7. The molecule has 0 radical (unpaired) electrons. The van der Waals surface area contributed by atoms with E-state index in [9.17, 15) is 13.2 Å². The van der Waals surface area contributed by atoms with E-state index in [4.69, 9.17) is 0 Å². The summed E-state index contributed by atoms with van der Waals surface area (Å²) in [6, 6.07) is 7.73. The Morgan fingerprint density at radius 1 is 1.24 bits per heavy atom. The van der Waals surface area contributed by atoms with E-state index < -0.39 is 10.0 Å². The van der Waals surface area contributed by atoms with Crippen molar-refractivity contribution in [1.82, 2.24) is 9.62 Å². The molecule has 0 unspecified atom stereocenters. The fourth-order valence-electron chi connectivity index (χ4n) is 2.06. The predicted molar refractivity (Wildman–Crippen MR) is 84.6 cm³/mol. The van der Waals surface area contributed by atoms with Gasteiger partial charge in [-0.2, -0.15) is 0 Å². The molecule has 0 saturated heterocycles. The first-order valence-electron chi connectivity index (χ1n) is 7.11. The number of hydrogen-bond acceptors (Lipinski definition) is 3. The van der Waals surface area contributed by atoms with Crippen molar-refractivity contribution in [2.24, 2.45) is 0 Å². The highest BCUT2D eigenvalue weighted by molar-refractivity contribution is 7.88. The molecule has 1 rings (SSSR count). The molecule has 1 aromatic rings. The largest absolute Gasteiger partial charge is 0.354 e. The van der Waals surface area contributed by atoms with Gasteiger partial charge in [-0.05, 0) is 24.5 Å². The quantitative estimate of drug-likeness (QED) is 0.787. The van der Waals surface area contributed by atoms with E-state index in [2.05, 4.69) is 5.32 Å². The van der Waals surface area contributed by atoms with Crippen molar-refractivity contribution in [1.29, 1.82) is 0 Å². The summed E-state index contributed by atoms with van der Waals surface area (Å²) in [5, 5.41) is 2.77. The monoisotopic (exact) mass is 312 g/mol. The molecule has 0 heterocycles. The third-order valence-electron chi connectivity index (χ3n) is 3.24. The summed E-state index contributed by atoms with van der Waals surface area (Å²) >= 11 is 0. The highest BCUT2D eigenvalue weighted by atomic mass is 32.2. The van der Waals surface area contributed by atoms with Gasteiger partial charge in [0.25, 0.3) is 0 Å². The Labute approximate surface area is 127 Å². The number of sulfonamides is 1. The molecule has 0 saturated carbocycles. The van der Waals surface area contributed by atoms with Crippen molar-refractivity contribution < 1.29 is 13.2 Å². The lowest BCUT2D eigenvalue weighted by Crippen LogP contribution is -2.38. The summed E-state index contributed by atoms with van der Waals surface area (Å²) in [5.41, 5.74) is 2.07. The van der Waals surface area contributed by atoms with E-state index in [0.29, 0.717) is 26.1 Å². The van der Waals surface area contributed by atoms with E-state index in [0.717, 1.165) is 17.5 Å². The fourth-order valence-corrected chi connectivity index (χ4v) is 2.99. The molecular weight excluding hydrogens is 288 g/mol. The van der Waals surface area contributed by atoms with Crippen LogP contribution in [-0.4, -0.2) is 44.5 Å². The molecule has 118 valence electrons. The smallest absolute Gasteiger partial charge is 0.224 e. The molecule has 21 heavy (non-hydrogen) atoms. The lowest BCUT2D eigenvalue weighted by molar-refractivity contribution is -0.120. The van der Waals surface area contributed by atoms with Crippen LogP contribution in [0.2, 0.25) is 0 Å². The molecule has 0 atom stereocenters. The number of carbonyl (C=O) groups excluding carboxylic acids is 1. The summed E-state index contributed by atoms with van der Waals surface area (Å²) in [5.74, 6) is -0.0887. The third-order valence-corrected chi connectivity index (χ3v) is 4.54. The molecule has 0 fully saturated rings. The maximum atomic E-state index is 11.9. The second-order valence-corrected chi connectivity index (χ2v) is 7.10. The van der Waals surface area contributed by atoms with Gasteiger partial charge in [-0.15, -0.1) is 0 Å². The van der Waals surface area contributed by atoms with Gasteiger partial charge < -0.3 is 5.32 Å². The molecular formula is C15H24N2O3S. The molecule has 0 aromatic heterocycles. The first-order valence-corrected chi connectivity index (χ1v) is 8.95. The third kappa shape index (κ3) is 6.27. The molecule has 0 aliphatic rings. The number of nitrogens with one attached hydrogen (secondary N) is 1. The van der Waals surface area contributed by atoms with Crippen molar-refractivity contribution in [3.8, 4) is 0 Å². The minimum atomic E-state index is -3.21. The van der Waals surface area contributed by atoms with Crippen LogP contribution in [0.4, 0.5) is 0 Å². The molecule has 0 bridgehead atoms. The summed E-state index contributed by atoms with van der Waals surface area (Å²) in [4.78, 5) is 11.9. The summed E-state index contributed by atoms with van der Waals surface area (Å²) in [6.07, 6.45) is 2.27. The Bertz CT molecular complexity index is 570. The second-order valence-electron chi connectivity index (χ2n) is 5.12. The van der Waals surface area contributed by atoms with Gasteiger partial charge in [-0.25, -0.2) is 12.7 Å². The average molecular weight is 312 g/mol. The molecule has 1 amide bonds. The van der Waals surface area contributed by atoms with Crippen molar-refractivity contribution in [2.45, 2.75) is 26.7 Å². The first-order chi connectivity index (χ1) is 9.84. The summed E-state index contributed by atoms with van der Waals surface area (Å²) < 4.78 is 24.5. The summed E-state index contributed by atoms with van der Waals surface area (Å²) in [7, 11) is -3.21. The minimum absolute atomic E-state index is 0.0887. The predicted octanol–water partition coefficient (Wildman–Crippen LogP) is 1.33. The van der Waals surface area contributed by atoms with E-state index in [1.807, 2.05) is 38.1 Å². The Morgan fingerprint density at radius 2 is 1.90 bits per heavy atom. The van der Waals surface area contributed by atoms with Crippen LogP contribution in [0, 0.1) is 6.92 Å². The zero-order valence-electron chi connectivity index (χ0n) is 12.9. The van der Waals surface area contributed by atoms with Crippen molar-refractivity contribution in [3.63, 3.8) is 0 Å². The minimum Gasteiger partial charge on any atom is -0.354 e. The van der Waals surface area contributed by atoms with Gasteiger partial charge in [-0.3, -0.25) is 4.79 Å². The number of carbonyl (C=O) groups is 1. The van der Waals surface area contributed by atoms with Crippen LogP contribution >= 0.6 is 0 Å². The van der Waals surface area contributed by atoms with E-state index in [1.54, 1.807) is 0 Å². The SMILES string of the molecule is CCCN(CCNC(=O)Cc1ccccc1C)S(C)(=O)=O. The lowest BCUT2D eigenvalue weighted by Gasteiger charge is -2.19. The van der Waals surface area contributed by atoms with Crippen LogP contribution in [0.25, 0.3) is 0 Å².